The van der Waals surface area contributed by atoms with Crippen LogP contribution < -0.4 is 56.0 Å². The van der Waals surface area contributed by atoms with Crippen molar-refractivity contribution in [1.29, 1.82) is 0 Å². The van der Waals surface area contributed by atoms with Gasteiger partial charge in [-0.05, 0) is 197 Å². The van der Waals surface area contributed by atoms with Gasteiger partial charge in [0.15, 0.2) is 0 Å². The summed E-state index contributed by atoms with van der Waals surface area (Å²) >= 11 is 0. The van der Waals surface area contributed by atoms with Crippen molar-refractivity contribution >= 4 is 151 Å². The molecular weight excluding hydrogens is 1820 g/mol. The second kappa shape index (κ2) is 48.4. The van der Waals surface area contributed by atoms with Gasteiger partial charge in [-0.2, -0.15) is 25.5 Å². The van der Waals surface area contributed by atoms with E-state index in [-0.39, 0.29) is 48.8 Å². The number of aliphatic hydroxyl groups excluding tert-OH is 2. The molecule has 6 aromatic heterocycles. The Morgan fingerprint density at radius 3 is 0.938 bits per heavy atom. The van der Waals surface area contributed by atoms with Crippen molar-refractivity contribution in [2.24, 2.45) is 11.7 Å². The SMILES string of the molecule is COc1c(C(=O)NC2CC2)ccc2n[nH]c(/C=C/c3ccc(C)cc3)c12.COc1c(C(=O)NCc2ccco2)ccc2n[nH]c(/C=C/c3ccc(C)cc3)c12.COc1c(C(=O)N[C@@H](C)C(N)=O)ccc2n[nH]c(/C=C/c3ccc(C)cc3)c12.COc1c(C(=O)N[C@H](CO)C(C)C)ccc2n[nH]c(/C=C/c3ccc(C)cc3)c12.COc1c(C(=O)N[C@H](CO)c2ccccc2)ccc2n[nH]c(/C=C/c3ccc(C)cc3)c12. The molecule has 1 aliphatic rings. The van der Waals surface area contributed by atoms with Crippen LogP contribution in [-0.4, -0.2) is 164 Å². The molecule has 18 rings (SSSR count). The Labute approximate surface area is 832 Å². The van der Waals surface area contributed by atoms with Gasteiger partial charge < -0.3 is 70.6 Å². The fourth-order valence-corrected chi connectivity index (χ4v) is 15.7. The number of aromatic nitrogens is 10. The Kier molecular flexibility index (Phi) is 34.4. The number of fused-ring (bicyclic) bond motifs is 5. The zero-order valence-electron chi connectivity index (χ0n) is 82.2. The van der Waals surface area contributed by atoms with Gasteiger partial charge in [-0.1, -0.05) is 224 Å². The van der Waals surface area contributed by atoms with E-state index in [0.29, 0.717) is 103 Å². The van der Waals surface area contributed by atoms with Gasteiger partial charge >= 0.3 is 0 Å². The number of carbonyl (C=O) groups excluding carboxylic acids is 6. The van der Waals surface area contributed by atoms with Crippen LogP contribution in [0.5, 0.6) is 28.7 Å². The predicted octanol–water partition coefficient (Wildman–Crippen LogP) is 19.5. The van der Waals surface area contributed by atoms with Crippen molar-refractivity contribution in [1.82, 2.24) is 77.6 Å². The van der Waals surface area contributed by atoms with Crippen molar-refractivity contribution in [2.45, 2.75) is 98.9 Å². The lowest BCUT2D eigenvalue weighted by atomic mass is 10.0. The van der Waals surface area contributed by atoms with Gasteiger partial charge in [-0.15, -0.1) is 0 Å². The molecule has 0 radical (unpaired) electrons. The highest BCUT2D eigenvalue weighted by Crippen LogP contribution is 2.39. The average molecular weight is 1930 g/mol. The number of amides is 6. The molecule has 30 nitrogen and oxygen atoms in total. The van der Waals surface area contributed by atoms with Crippen molar-refractivity contribution in [2.75, 3.05) is 48.8 Å². The third-order valence-electron chi connectivity index (χ3n) is 24.0. The molecule has 30 heteroatoms. The van der Waals surface area contributed by atoms with Gasteiger partial charge in [0.1, 0.15) is 40.5 Å². The molecule has 11 aromatic carbocycles. The van der Waals surface area contributed by atoms with E-state index < -0.39 is 23.9 Å². The third kappa shape index (κ3) is 25.6. The summed E-state index contributed by atoms with van der Waals surface area (Å²) in [6, 6.07) is 70.0. The van der Waals surface area contributed by atoms with Gasteiger partial charge in [-0.3, -0.25) is 54.3 Å². The van der Waals surface area contributed by atoms with Crippen LogP contribution in [0.15, 0.2) is 235 Å². The van der Waals surface area contributed by atoms with Crippen LogP contribution in [0, 0.1) is 40.5 Å². The number of primary amides is 1. The standard InChI is InChI=1S/C26H25N3O3.C23H21N3O3.C23H27N3O3.C21H22N4O3.C21H21N3O2/c1-17-8-10-18(11-9-17)12-14-21-24-22(29-28-21)15-13-20(25(24)32-2)26(31)27-23(16-30)19-6-4-3-5-7-19;1-15-5-7-16(8-6-15)9-11-19-21-20(26-25-19)12-10-18(22(21)28-2)23(27)24-14-17-4-3-13-29-17;1-14(2)20(13-27)24-23(28)17-10-12-19-21(22(17)29-4)18(25-26-19)11-9-16-7-5-15(3)6-8-16;1-12-4-6-14(7-5-12)8-10-16-18-17(25-24-16)11-9-15(19(18)28-3)21(27)23-13(2)20(22)26;1-13-3-5-14(6-4-13)7-11-17-19-18(24-23-17)12-10-16(20(19)26-2)21(25)22-15-8-9-15/h3-15,23,30H,16H2,1-2H3,(H,27,31)(H,28,29);3-13H,14H2,1-2H3,(H,24,27)(H,25,26);5-12,14,20,27H,13H2,1-4H3,(H,24,28)(H,25,26);4-11,13H,1-3H3,(H2,22,26)(H,23,27)(H,24,25);3-7,10-12,15H,8-9H2,1-2H3,(H,22,25)(H,23,24)/b14-12+;2*11-9+;10-8+;11-7+/t23-;;20-;13-;/m1.10./s1. The quantitative estimate of drug-likeness (QED) is 0.0192. The Bertz CT molecular complexity index is 7520. The van der Waals surface area contributed by atoms with E-state index in [4.69, 9.17) is 33.8 Å². The molecule has 0 unspecified atom stereocenters. The molecule has 0 saturated heterocycles. The molecular formula is C114H116N16O14. The number of hydrogen-bond acceptors (Lipinski definition) is 19. The number of aryl methyl sites for hydroxylation is 5. The average Bonchev–Trinajstić information content (AvgIpc) is 1.60. The molecule has 3 atom stereocenters. The first kappa shape index (κ1) is 102. The number of rotatable bonds is 31. The second-order valence-electron chi connectivity index (χ2n) is 34.8. The smallest absolute Gasteiger partial charge is 0.255 e. The van der Waals surface area contributed by atoms with Gasteiger partial charge in [-0.25, -0.2) is 0 Å². The third-order valence-corrected chi connectivity index (χ3v) is 24.0. The van der Waals surface area contributed by atoms with Gasteiger partial charge in [0.25, 0.3) is 29.5 Å². The maximum Gasteiger partial charge on any atom is 0.255 e. The van der Waals surface area contributed by atoms with Crippen LogP contribution in [0.25, 0.3) is 115 Å². The number of furan rings is 1. The molecule has 0 aliphatic heterocycles. The highest BCUT2D eigenvalue weighted by atomic mass is 16.5. The molecule has 144 heavy (non-hydrogen) atoms. The van der Waals surface area contributed by atoms with Gasteiger partial charge in [0.2, 0.25) is 5.91 Å². The Balaban J connectivity index is 0.000000143. The van der Waals surface area contributed by atoms with Crippen molar-refractivity contribution < 1.29 is 67.1 Å². The number of methoxy groups -OCH3 is 5. The first-order valence-corrected chi connectivity index (χ1v) is 46.9. The minimum Gasteiger partial charge on any atom is -0.495 e. The number of benzene rings is 11. The molecule has 1 aliphatic carbocycles. The summed E-state index contributed by atoms with van der Waals surface area (Å²) in [5, 5.41) is 74.0. The van der Waals surface area contributed by atoms with E-state index in [1.165, 1.54) is 56.1 Å². The van der Waals surface area contributed by atoms with Crippen LogP contribution in [0.4, 0.5) is 0 Å². The first-order chi connectivity index (χ1) is 69.7. The van der Waals surface area contributed by atoms with E-state index in [2.05, 4.69) is 164 Å². The van der Waals surface area contributed by atoms with Crippen LogP contribution in [-0.2, 0) is 11.3 Å². The molecule has 1 saturated carbocycles. The van der Waals surface area contributed by atoms with E-state index in [1.807, 2.05) is 186 Å². The zero-order valence-corrected chi connectivity index (χ0v) is 82.2. The minimum absolute atomic E-state index is 0.0964. The Hall–Kier alpha value is -17.5. The van der Waals surface area contributed by atoms with E-state index >= 15 is 0 Å². The van der Waals surface area contributed by atoms with E-state index in [0.717, 1.165) is 102 Å². The van der Waals surface area contributed by atoms with Crippen LogP contribution in [0.3, 0.4) is 0 Å². The number of ether oxygens (including phenoxy) is 5. The highest BCUT2D eigenvalue weighted by molar-refractivity contribution is 6.11. The number of aliphatic hydroxyl groups is 2. The van der Waals surface area contributed by atoms with E-state index in [1.54, 1.807) is 81.1 Å². The Morgan fingerprint density at radius 2 is 0.667 bits per heavy atom. The molecule has 6 amide bonds. The molecule has 0 bridgehead atoms. The monoisotopic (exact) mass is 1930 g/mol. The van der Waals surface area contributed by atoms with Crippen LogP contribution in [0.1, 0.15) is 187 Å². The fraction of sp³-hybridized carbons (Fsp3) is 0.202. The lowest BCUT2D eigenvalue weighted by Gasteiger charge is -2.20. The van der Waals surface area contributed by atoms with Crippen molar-refractivity contribution in [3.05, 3.63) is 354 Å². The van der Waals surface area contributed by atoms with Crippen molar-refractivity contribution in [3.63, 3.8) is 0 Å². The number of carbonyl (C=O) groups is 6. The minimum atomic E-state index is -0.793. The molecule has 14 N–H and O–H groups in total. The summed E-state index contributed by atoms with van der Waals surface area (Å²) in [5.41, 5.74) is 26.9. The summed E-state index contributed by atoms with van der Waals surface area (Å²) in [6.45, 7) is 15.6. The lowest BCUT2D eigenvalue weighted by molar-refractivity contribution is -0.119. The van der Waals surface area contributed by atoms with Crippen molar-refractivity contribution in [3.8, 4) is 28.7 Å². The molecule has 17 aromatic rings. The number of nitrogens with one attached hydrogen (secondary N) is 10. The van der Waals surface area contributed by atoms with E-state index in [9.17, 15) is 39.0 Å². The normalized spacial score (nSPS) is 12.4. The zero-order chi connectivity index (χ0) is 102. The Morgan fingerprint density at radius 1 is 0.368 bits per heavy atom. The molecule has 1 fully saturated rings. The second-order valence-corrected chi connectivity index (χ2v) is 34.8. The lowest BCUT2D eigenvalue weighted by Crippen LogP contribution is -2.42. The maximum absolute atomic E-state index is 13.1. The summed E-state index contributed by atoms with van der Waals surface area (Å²) in [5.74, 6) is 1.09. The number of H-pyrrole nitrogens is 5. The number of aromatic amines is 5. The number of hydrogen-bond donors (Lipinski definition) is 13. The van der Waals surface area contributed by atoms with Gasteiger partial charge in [0.05, 0.1) is 184 Å². The van der Waals surface area contributed by atoms with Crippen LogP contribution in [0.2, 0.25) is 0 Å². The number of nitrogens with two attached hydrogens (primary N) is 1. The van der Waals surface area contributed by atoms with Crippen LogP contribution >= 0.6 is 0 Å². The summed E-state index contributed by atoms with van der Waals surface area (Å²) < 4.78 is 33.2. The largest absolute Gasteiger partial charge is 0.495 e. The fourth-order valence-electron chi connectivity index (χ4n) is 15.7. The summed E-state index contributed by atoms with van der Waals surface area (Å²) in [6.07, 6.45) is 23.2. The van der Waals surface area contributed by atoms with Gasteiger partial charge in [0, 0.05) is 6.04 Å². The summed E-state index contributed by atoms with van der Waals surface area (Å²) in [4.78, 5) is 75.0. The highest BCUT2D eigenvalue weighted by Gasteiger charge is 2.30. The molecule has 736 valence electrons. The number of nitrogens with zero attached hydrogens (tertiary/aromatic N) is 5. The molecule has 6 heterocycles. The maximum atomic E-state index is 13.1. The topological polar surface area (TPSA) is 432 Å². The predicted molar refractivity (Wildman–Crippen MR) is 567 cm³/mol. The first-order valence-electron chi connectivity index (χ1n) is 46.9. The molecule has 0 spiro atoms. The summed E-state index contributed by atoms with van der Waals surface area (Å²) in [7, 11) is 7.70.